The lowest BCUT2D eigenvalue weighted by Crippen LogP contribution is -2.28. The molecule has 0 fully saturated rings. The number of allylic oxidation sites excluding steroid dienone is 2. The van der Waals surface area contributed by atoms with Gasteiger partial charge < -0.3 is 14.6 Å². The van der Waals surface area contributed by atoms with E-state index in [0.717, 1.165) is 38.5 Å². The lowest BCUT2D eigenvalue weighted by atomic mass is 10.0. The molecule has 0 saturated carbocycles. The molecule has 0 aliphatic rings. The predicted molar refractivity (Wildman–Crippen MR) is 302 cm³/mol. The molecule has 1 unspecified atom stereocenters. The first-order valence-electron chi connectivity index (χ1n) is 31.7. The van der Waals surface area contributed by atoms with Crippen LogP contribution in [0.1, 0.15) is 367 Å². The van der Waals surface area contributed by atoms with Gasteiger partial charge in [0, 0.05) is 12.8 Å². The maximum Gasteiger partial charge on any atom is 0.306 e. The fourth-order valence-corrected chi connectivity index (χ4v) is 10.0. The minimum Gasteiger partial charge on any atom is -0.462 e. The minimum atomic E-state index is -0.771. The van der Waals surface area contributed by atoms with Crippen molar-refractivity contribution in [3.63, 3.8) is 0 Å². The highest BCUT2D eigenvalue weighted by atomic mass is 16.6. The van der Waals surface area contributed by atoms with Crippen molar-refractivity contribution in [1.29, 1.82) is 0 Å². The molecule has 1 atom stereocenters. The highest BCUT2D eigenvalue weighted by Crippen LogP contribution is 2.19. The number of aliphatic hydroxyl groups is 1. The van der Waals surface area contributed by atoms with Crippen molar-refractivity contribution in [2.24, 2.45) is 0 Å². The summed E-state index contributed by atoms with van der Waals surface area (Å²) in [5.74, 6) is -0.579. The number of unbranched alkanes of at least 4 members (excludes halogenated alkanes) is 50. The van der Waals surface area contributed by atoms with E-state index in [4.69, 9.17) is 9.47 Å². The molecule has 5 heteroatoms. The summed E-state index contributed by atoms with van der Waals surface area (Å²) in [5, 5.41) is 9.64. The zero-order valence-corrected chi connectivity index (χ0v) is 47.1. The molecule has 0 aromatic heterocycles. The van der Waals surface area contributed by atoms with E-state index in [2.05, 4.69) is 26.0 Å². The van der Waals surface area contributed by atoms with Crippen molar-refractivity contribution < 1.29 is 24.2 Å². The summed E-state index contributed by atoms with van der Waals surface area (Å²) in [7, 11) is 0. The number of hydrogen-bond acceptors (Lipinski definition) is 5. The van der Waals surface area contributed by atoms with Crippen LogP contribution < -0.4 is 0 Å². The second-order valence-corrected chi connectivity index (χ2v) is 21.9. The number of esters is 2. The normalized spacial score (nSPS) is 12.1. The van der Waals surface area contributed by atoms with Gasteiger partial charge in [0.05, 0.1) is 6.61 Å². The van der Waals surface area contributed by atoms with Gasteiger partial charge in [-0.2, -0.15) is 0 Å². The molecule has 0 rings (SSSR count). The molecule has 5 nitrogen and oxygen atoms in total. The summed E-state index contributed by atoms with van der Waals surface area (Å²) in [6, 6.07) is 0. The van der Waals surface area contributed by atoms with Crippen LogP contribution in [-0.2, 0) is 19.1 Å². The zero-order chi connectivity index (χ0) is 49.9. The van der Waals surface area contributed by atoms with Gasteiger partial charge >= 0.3 is 11.9 Å². The fourth-order valence-electron chi connectivity index (χ4n) is 10.0. The van der Waals surface area contributed by atoms with Gasteiger partial charge in [0.15, 0.2) is 6.10 Å². The molecule has 0 aliphatic heterocycles. The molecule has 0 radical (unpaired) electrons. The first-order chi connectivity index (χ1) is 34.1. The van der Waals surface area contributed by atoms with Gasteiger partial charge in [-0.25, -0.2) is 0 Å². The molecule has 0 aromatic carbocycles. The van der Waals surface area contributed by atoms with Crippen LogP contribution in [0.3, 0.4) is 0 Å². The van der Waals surface area contributed by atoms with Crippen molar-refractivity contribution in [1.82, 2.24) is 0 Å². The van der Waals surface area contributed by atoms with Crippen LogP contribution in [0, 0.1) is 0 Å². The molecule has 0 aromatic rings. The Bertz CT molecular complexity index is 1010. The van der Waals surface area contributed by atoms with E-state index < -0.39 is 6.10 Å². The van der Waals surface area contributed by atoms with E-state index in [-0.39, 0.29) is 25.2 Å². The Balaban J connectivity index is 3.33. The SMILES string of the molecule is CCCCCCCCC/C=C\CCCCCCCC(=O)OC(CO)COC(=O)CCCCCCCCCCCCCCCCCCCCCCCCCCCCCCCCCCCCCCCCC. The third-order valence-corrected chi connectivity index (χ3v) is 14.8. The molecule has 0 heterocycles. The Morgan fingerprint density at radius 3 is 0.783 bits per heavy atom. The third-order valence-electron chi connectivity index (χ3n) is 14.8. The van der Waals surface area contributed by atoms with Crippen LogP contribution in [0.25, 0.3) is 0 Å². The maximum atomic E-state index is 12.3. The van der Waals surface area contributed by atoms with E-state index in [0.29, 0.717) is 12.8 Å². The van der Waals surface area contributed by atoms with Crippen molar-refractivity contribution in [2.75, 3.05) is 13.2 Å². The highest BCUT2D eigenvalue weighted by Gasteiger charge is 2.16. The average Bonchev–Trinajstić information content (AvgIpc) is 3.35. The molecule has 0 aliphatic carbocycles. The molecular formula is C64H124O5. The largest absolute Gasteiger partial charge is 0.462 e. The quantitative estimate of drug-likeness (QED) is 0.0373. The van der Waals surface area contributed by atoms with Crippen LogP contribution in [0.5, 0.6) is 0 Å². The number of ether oxygens (including phenoxy) is 2. The smallest absolute Gasteiger partial charge is 0.306 e. The molecular weight excluding hydrogens is 849 g/mol. The van der Waals surface area contributed by atoms with E-state index in [1.807, 2.05) is 0 Å². The lowest BCUT2D eigenvalue weighted by Gasteiger charge is -2.15. The van der Waals surface area contributed by atoms with Crippen LogP contribution in [0.2, 0.25) is 0 Å². The molecule has 1 N–H and O–H groups in total. The summed E-state index contributed by atoms with van der Waals surface area (Å²) >= 11 is 0. The van der Waals surface area contributed by atoms with Crippen LogP contribution in [-0.4, -0.2) is 36.4 Å². The number of carbonyl (C=O) groups is 2. The number of aliphatic hydroxyl groups excluding tert-OH is 1. The molecule has 410 valence electrons. The molecule has 0 bridgehead atoms. The first-order valence-corrected chi connectivity index (χ1v) is 31.7. The molecule has 0 amide bonds. The van der Waals surface area contributed by atoms with Crippen molar-refractivity contribution in [2.45, 2.75) is 373 Å². The van der Waals surface area contributed by atoms with Gasteiger partial charge in [-0.3, -0.25) is 9.59 Å². The van der Waals surface area contributed by atoms with Crippen molar-refractivity contribution in [3.8, 4) is 0 Å². The summed E-state index contributed by atoms with van der Waals surface area (Å²) < 4.78 is 10.7. The second-order valence-electron chi connectivity index (χ2n) is 21.9. The van der Waals surface area contributed by atoms with E-state index >= 15 is 0 Å². The van der Waals surface area contributed by atoms with Gasteiger partial charge in [-0.1, -0.05) is 328 Å². The van der Waals surface area contributed by atoms with Gasteiger partial charge in [0.1, 0.15) is 6.61 Å². The Kier molecular flexibility index (Phi) is 59.7. The van der Waals surface area contributed by atoms with Gasteiger partial charge in [0.25, 0.3) is 0 Å². The van der Waals surface area contributed by atoms with E-state index in [1.165, 1.54) is 302 Å². The average molecular weight is 974 g/mol. The molecule has 0 spiro atoms. The monoisotopic (exact) mass is 973 g/mol. The number of carbonyl (C=O) groups excluding carboxylic acids is 2. The molecule has 69 heavy (non-hydrogen) atoms. The Hall–Kier alpha value is -1.36. The first kappa shape index (κ1) is 67.6. The number of rotatable bonds is 60. The Morgan fingerprint density at radius 1 is 0.319 bits per heavy atom. The highest BCUT2D eigenvalue weighted by molar-refractivity contribution is 5.70. The maximum absolute atomic E-state index is 12.3. The lowest BCUT2D eigenvalue weighted by molar-refractivity contribution is -0.161. The number of hydrogen-bond donors (Lipinski definition) is 1. The van der Waals surface area contributed by atoms with Crippen LogP contribution in [0.15, 0.2) is 12.2 Å². The topological polar surface area (TPSA) is 72.8 Å². The third kappa shape index (κ3) is 59.1. The minimum absolute atomic E-state index is 0.0622. The summed E-state index contributed by atoms with van der Waals surface area (Å²) in [6.07, 6.45) is 76.7. The van der Waals surface area contributed by atoms with E-state index in [9.17, 15) is 14.7 Å². The summed E-state index contributed by atoms with van der Waals surface area (Å²) in [6.45, 7) is 4.18. The molecule has 0 saturated heterocycles. The predicted octanol–water partition coefficient (Wildman–Crippen LogP) is 21.5. The summed E-state index contributed by atoms with van der Waals surface area (Å²) in [5.41, 5.74) is 0. The Morgan fingerprint density at radius 2 is 0.536 bits per heavy atom. The van der Waals surface area contributed by atoms with Gasteiger partial charge in [0.2, 0.25) is 0 Å². The van der Waals surface area contributed by atoms with E-state index in [1.54, 1.807) is 0 Å². The second kappa shape index (κ2) is 60.9. The van der Waals surface area contributed by atoms with Gasteiger partial charge in [-0.15, -0.1) is 0 Å². The standard InChI is InChI=1S/C64H124O5/c1-3-5-7-9-11-13-15-17-19-21-22-23-24-25-26-27-28-29-30-31-32-33-34-35-36-37-38-39-40-41-42-43-45-46-48-50-52-54-56-58-63(66)68-61-62(60-65)69-64(67)59-57-55-53-51-49-47-44-20-18-16-14-12-10-8-6-4-2/h20,44,62,65H,3-19,21-43,45-61H2,1-2H3/b44-20-. The van der Waals surface area contributed by atoms with Crippen LogP contribution in [0.4, 0.5) is 0 Å². The van der Waals surface area contributed by atoms with Crippen LogP contribution >= 0.6 is 0 Å². The van der Waals surface area contributed by atoms with Crippen molar-refractivity contribution in [3.05, 3.63) is 12.2 Å². The van der Waals surface area contributed by atoms with Crippen molar-refractivity contribution >= 4 is 11.9 Å². The van der Waals surface area contributed by atoms with Gasteiger partial charge in [-0.05, 0) is 38.5 Å². The zero-order valence-electron chi connectivity index (χ0n) is 47.1. The Labute approximate surface area is 432 Å². The summed E-state index contributed by atoms with van der Waals surface area (Å²) in [4.78, 5) is 24.5. The fraction of sp³-hybridized carbons (Fsp3) is 0.938.